The quantitative estimate of drug-likeness (QED) is 0.122. The van der Waals surface area contributed by atoms with Crippen molar-refractivity contribution in [1.29, 1.82) is 0 Å². The molecule has 6 aromatic rings. The van der Waals surface area contributed by atoms with Gasteiger partial charge in [0.1, 0.15) is 5.75 Å². The molecule has 0 radical (unpaired) electrons. The number of pyridine rings is 2. The molecule has 0 spiro atoms. The Balaban J connectivity index is 0.00000600. The van der Waals surface area contributed by atoms with Crippen molar-refractivity contribution in [2.45, 2.75) is 109 Å². The summed E-state index contributed by atoms with van der Waals surface area (Å²) in [6, 6.07) is 38.7. The monoisotopic (exact) mass is 984 g/mol. The minimum Gasteiger partial charge on any atom is -0.507 e. The van der Waals surface area contributed by atoms with Gasteiger partial charge < -0.3 is 5.11 Å². The van der Waals surface area contributed by atoms with Crippen molar-refractivity contribution in [3.8, 4) is 61.8 Å². The first kappa shape index (κ1) is 43.3. The van der Waals surface area contributed by atoms with Crippen LogP contribution in [0.1, 0.15) is 103 Å². The number of aromatic nitrogens is 2. The number of rotatable bonds is 8. The smallest absolute Gasteiger partial charge is 0.507 e. The van der Waals surface area contributed by atoms with Crippen molar-refractivity contribution in [3.05, 3.63) is 132 Å². The van der Waals surface area contributed by atoms with Gasteiger partial charge in [0.2, 0.25) is 0 Å². The summed E-state index contributed by atoms with van der Waals surface area (Å²) in [5, 5.41) is 12.1. The number of phenolic OH excluding ortho intramolecular Hbond substituents is 1. The van der Waals surface area contributed by atoms with Gasteiger partial charge in [0.05, 0.1) is 0 Å². The molecule has 0 aliphatic rings. The number of phenols is 1. The predicted octanol–water partition coefficient (Wildman–Crippen LogP) is 13.7. The van der Waals surface area contributed by atoms with Gasteiger partial charge in [-0.15, -0.1) is 0 Å². The molecule has 0 aliphatic heterocycles. The SMILES string of the molecule is CC(C)c1cccc(C(C)C)c1-c1cc(-c2[c-]c(-c3cc(-c4ccc[c]([Ge]([CH3])([CH3])[CH3])c4)ccn3)ccc2)nc(-c2cc(C(C)(C)C)cc(C(C)(C)C)c2O)c1.[Pt]. The number of aromatic hydroxyl groups is 1. The summed E-state index contributed by atoms with van der Waals surface area (Å²) in [6.07, 6.45) is 1.90. The van der Waals surface area contributed by atoms with Crippen LogP contribution in [-0.4, -0.2) is 28.3 Å². The zero-order valence-corrected chi connectivity index (χ0v) is 40.0. The van der Waals surface area contributed by atoms with E-state index in [-0.39, 0.29) is 37.6 Å². The summed E-state index contributed by atoms with van der Waals surface area (Å²) in [6.45, 7) is 22.2. The standard InChI is InChI=1S/C51H59GeN2O.Pt/c1-32(2)41-21-16-22-42(33(3)4)48(41)38-28-46(54-47(29-38)43-30-39(50(5,6)7)31-44(49(43)55)51(8,9)10)37-19-14-18-36(25-37)45-27-35(23-24-53-45)34-17-15-20-40(26-34)52(11,12)13;/h14-24,26-33,55H,1-13H3;/q-1;. The van der Waals surface area contributed by atoms with Crippen molar-refractivity contribution in [2.24, 2.45) is 0 Å². The Bertz CT molecular complexity index is 2330. The second kappa shape index (κ2) is 16.6. The van der Waals surface area contributed by atoms with E-state index in [4.69, 9.17) is 9.97 Å². The van der Waals surface area contributed by atoms with Crippen molar-refractivity contribution < 1.29 is 26.2 Å². The van der Waals surface area contributed by atoms with Crippen LogP contribution in [0, 0.1) is 6.07 Å². The summed E-state index contributed by atoms with van der Waals surface area (Å²) in [5.41, 5.74) is 14.0. The van der Waals surface area contributed by atoms with Crippen molar-refractivity contribution in [2.75, 3.05) is 0 Å². The second-order valence-electron chi connectivity index (χ2n) is 18.9. The van der Waals surface area contributed by atoms with Crippen LogP contribution in [0.4, 0.5) is 0 Å². The molecule has 2 aromatic heterocycles. The van der Waals surface area contributed by atoms with E-state index >= 15 is 0 Å². The van der Waals surface area contributed by atoms with Crippen molar-refractivity contribution in [3.63, 3.8) is 0 Å². The number of hydrogen-bond acceptors (Lipinski definition) is 3. The third-order valence-electron chi connectivity index (χ3n) is 10.7. The predicted molar refractivity (Wildman–Crippen MR) is 238 cm³/mol. The zero-order valence-electron chi connectivity index (χ0n) is 35.6. The molecule has 5 heteroatoms. The van der Waals surface area contributed by atoms with E-state index in [0.29, 0.717) is 11.8 Å². The minimum absolute atomic E-state index is 0. The number of benzene rings is 4. The molecule has 294 valence electrons. The Morgan fingerprint density at radius 1 is 0.607 bits per heavy atom. The van der Waals surface area contributed by atoms with E-state index < -0.39 is 13.3 Å². The van der Waals surface area contributed by atoms with Crippen LogP contribution >= 0.6 is 0 Å². The molecule has 0 amide bonds. The van der Waals surface area contributed by atoms with Crippen LogP contribution in [0.2, 0.25) is 17.3 Å². The van der Waals surface area contributed by atoms with E-state index in [1.165, 1.54) is 32.2 Å². The molecule has 56 heavy (non-hydrogen) atoms. The molecule has 4 aromatic carbocycles. The van der Waals surface area contributed by atoms with Crippen LogP contribution < -0.4 is 4.40 Å². The van der Waals surface area contributed by atoms with Crippen LogP contribution in [0.15, 0.2) is 103 Å². The first-order valence-electron chi connectivity index (χ1n) is 19.9. The Morgan fingerprint density at radius 2 is 1.16 bits per heavy atom. The first-order valence-corrected chi connectivity index (χ1v) is 27.2. The molecular weight excluding hydrogens is 924 g/mol. The van der Waals surface area contributed by atoms with E-state index in [1.54, 1.807) is 0 Å². The summed E-state index contributed by atoms with van der Waals surface area (Å²) >= 11 is -2.01. The molecule has 3 nitrogen and oxygen atoms in total. The van der Waals surface area contributed by atoms with Crippen LogP contribution in [-0.2, 0) is 31.9 Å². The van der Waals surface area contributed by atoms with Crippen LogP contribution in [0.3, 0.4) is 0 Å². The third-order valence-corrected chi connectivity index (χ3v) is 15.0. The van der Waals surface area contributed by atoms with Gasteiger partial charge in [-0.3, -0.25) is 0 Å². The van der Waals surface area contributed by atoms with Crippen molar-refractivity contribution >= 4 is 17.7 Å². The molecule has 0 bridgehead atoms. The van der Waals surface area contributed by atoms with Crippen LogP contribution in [0.25, 0.3) is 56.0 Å². The Labute approximate surface area is 354 Å². The molecule has 0 saturated carbocycles. The van der Waals surface area contributed by atoms with Gasteiger partial charge in [-0.2, -0.15) is 0 Å². The van der Waals surface area contributed by atoms with Gasteiger partial charge in [-0.25, -0.2) is 0 Å². The molecule has 1 N–H and O–H groups in total. The van der Waals surface area contributed by atoms with Gasteiger partial charge in [0, 0.05) is 32.2 Å². The van der Waals surface area contributed by atoms with E-state index in [0.717, 1.165) is 50.5 Å². The summed E-state index contributed by atoms with van der Waals surface area (Å²) < 4.78 is 1.49. The van der Waals surface area contributed by atoms with Crippen LogP contribution in [0.5, 0.6) is 5.75 Å². The molecule has 0 atom stereocenters. The fourth-order valence-electron chi connectivity index (χ4n) is 7.36. The molecule has 2 heterocycles. The topological polar surface area (TPSA) is 46.0 Å². The fraction of sp³-hybridized carbons (Fsp3) is 0.333. The Hall–Kier alpha value is -3.79. The van der Waals surface area contributed by atoms with Gasteiger partial charge in [-0.05, 0) is 57.1 Å². The Morgan fingerprint density at radius 3 is 1.75 bits per heavy atom. The molecule has 0 saturated heterocycles. The maximum atomic E-state index is 12.1. The van der Waals surface area contributed by atoms with Gasteiger partial charge in [-0.1, -0.05) is 93.5 Å². The van der Waals surface area contributed by atoms with Gasteiger partial charge in [0.15, 0.2) is 0 Å². The van der Waals surface area contributed by atoms with Gasteiger partial charge in [0.25, 0.3) is 0 Å². The Kier molecular flexibility index (Phi) is 12.8. The summed E-state index contributed by atoms with van der Waals surface area (Å²) in [5.74, 6) is 8.23. The van der Waals surface area contributed by atoms with Gasteiger partial charge >= 0.3 is 163 Å². The number of nitrogens with zero attached hydrogens (tertiary/aromatic N) is 2. The summed E-state index contributed by atoms with van der Waals surface area (Å²) in [4.78, 5) is 10.2. The average Bonchev–Trinajstić information content (AvgIpc) is 3.13. The normalized spacial score (nSPS) is 12.3. The summed E-state index contributed by atoms with van der Waals surface area (Å²) in [7, 11) is 0. The zero-order chi connectivity index (χ0) is 40.0. The minimum atomic E-state index is -2.01. The number of hydrogen-bond donors (Lipinski definition) is 1. The second-order valence-corrected chi connectivity index (χ2v) is 29.6. The van der Waals surface area contributed by atoms with Crippen molar-refractivity contribution in [1.82, 2.24) is 9.97 Å². The van der Waals surface area contributed by atoms with E-state index in [2.05, 4.69) is 190 Å². The third kappa shape index (κ3) is 9.32. The molecule has 6 rings (SSSR count). The molecule has 0 aliphatic carbocycles. The molecular formula is C51H59GeN2OPt-. The van der Waals surface area contributed by atoms with E-state index in [9.17, 15) is 5.11 Å². The maximum absolute atomic E-state index is 12.1. The first-order chi connectivity index (χ1) is 25.7. The van der Waals surface area contributed by atoms with E-state index in [1.807, 2.05) is 6.20 Å². The fourth-order valence-corrected chi connectivity index (χ4v) is 9.85. The molecule has 0 fully saturated rings. The molecule has 0 unspecified atom stereocenters. The average molecular weight is 984 g/mol.